The number of anilines is 1. The van der Waals surface area contributed by atoms with Crippen LogP contribution in [0.25, 0.3) is 5.65 Å². The molecule has 4 nitrogen and oxygen atoms in total. The molecule has 0 bridgehead atoms. The topological polar surface area (TPSA) is 42.2 Å². The molecule has 1 N–H and O–H groups in total. The predicted octanol–water partition coefficient (Wildman–Crippen LogP) is 2.16. The molecule has 0 spiro atoms. The van der Waals surface area contributed by atoms with Gasteiger partial charge in [-0.25, -0.2) is 9.50 Å². The lowest BCUT2D eigenvalue weighted by Gasteiger charge is -2.08. The van der Waals surface area contributed by atoms with Gasteiger partial charge in [0, 0.05) is 18.8 Å². The Bertz CT molecular complexity index is 440. The minimum atomic E-state index is 0.146. The Hall–Kier alpha value is -1.29. The van der Waals surface area contributed by atoms with Crippen molar-refractivity contribution in [3.05, 3.63) is 24.5 Å². The van der Waals surface area contributed by atoms with Crippen LogP contribution in [0.2, 0.25) is 0 Å². The highest BCUT2D eigenvalue weighted by Crippen LogP contribution is 2.07. The molecule has 1 atom stereocenters. The monoisotopic (exact) mass is 224 g/mol. The van der Waals surface area contributed by atoms with Gasteiger partial charge in [-0.3, -0.25) is 0 Å². The summed E-state index contributed by atoms with van der Waals surface area (Å²) >= 11 is 6.00. The summed E-state index contributed by atoms with van der Waals surface area (Å²) in [6.07, 6.45) is 4.55. The number of alkyl halides is 1. The average Bonchev–Trinajstić information content (AvgIpc) is 2.72. The maximum absolute atomic E-state index is 6.00. The molecule has 0 aromatic carbocycles. The van der Waals surface area contributed by atoms with Crippen LogP contribution in [0, 0.1) is 0 Å². The number of aromatic nitrogens is 3. The minimum Gasteiger partial charge on any atom is -0.368 e. The highest BCUT2D eigenvalue weighted by Gasteiger charge is 2.02. The maximum Gasteiger partial charge on any atom is 0.157 e. The van der Waals surface area contributed by atoms with E-state index < -0.39 is 0 Å². The molecule has 2 heterocycles. The average molecular weight is 225 g/mol. The quantitative estimate of drug-likeness (QED) is 0.810. The summed E-state index contributed by atoms with van der Waals surface area (Å²) in [5.41, 5.74) is 0.836. The molecule has 0 saturated heterocycles. The number of halogens is 1. The third kappa shape index (κ3) is 2.39. The molecule has 0 fully saturated rings. The van der Waals surface area contributed by atoms with Crippen molar-refractivity contribution in [2.24, 2.45) is 0 Å². The van der Waals surface area contributed by atoms with E-state index in [1.54, 1.807) is 10.7 Å². The normalized spacial score (nSPS) is 12.9. The maximum atomic E-state index is 6.00. The number of nitrogens with zero attached hydrogens (tertiary/aromatic N) is 3. The first-order valence-electron chi connectivity index (χ1n) is 4.98. The number of rotatable bonds is 4. The van der Waals surface area contributed by atoms with E-state index in [0.29, 0.717) is 0 Å². The van der Waals surface area contributed by atoms with Gasteiger partial charge in [0.25, 0.3) is 0 Å². The van der Waals surface area contributed by atoms with Gasteiger partial charge in [0.05, 0.1) is 11.6 Å². The van der Waals surface area contributed by atoms with Crippen LogP contribution >= 0.6 is 11.6 Å². The van der Waals surface area contributed by atoms with Crippen LogP contribution in [0.5, 0.6) is 0 Å². The number of fused-ring (bicyclic) bond motifs is 1. The zero-order chi connectivity index (χ0) is 10.7. The molecule has 0 saturated carbocycles. The lowest BCUT2D eigenvalue weighted by Crippen LogP contribution is -2.14. The van der Waals surface area contributed by atoms with Crippen molar-refractivity contribution >= 4 is 23.1 Å². The van der Waals surface area contributed by atoms with Gasteiger partial charge >= 0.3 is 0 Å². The van der Waals surface area contributed by atoms with Gasteiger partial charge < -0.3 is 5.32 Å². The fraction of sp³-hybridized carbons (Fsp3) is 0.400. The van der Waals surface area contributed by atoms with Gasteiger partial charge in [0.1, 0.15) is 5.82 Å². The van der Waals surface area contributed by atoms with Gasteiger partial charge in [-0.2, -0.15) is 5.10 Å². The Morgan fingerprint density at radius 2 is 2.40 bits per heavy atom. The van der Waals surface area contributed by atoms with Gasteiger partial charge in [0.15, 0.2) is 5.65 Å². The second kappa shape index (κ2) is 4.49. The molecular formula is C10H13ClN4. The summed E-state index contributed by atoms with van der Waals surface area (Å²) in [4.78, 5) is 4.37. The van der Waals surface area contributed by atoms with Crippen molar-refractivity contribution < 1.29 is 0 Å². The summed E-state index contributed by atoms with van der Waals surface area (Å²) in [5.74, 6) is 0.835. The minimum absolute atomic E-state index is 0.146. The molecule has 15 heavy (non-hydrogen) atoms. The fourth-order valence-electron chi connectivity index (χ4n) is 1.27. The Morgan fingerprint density at radius 3 is 3.20 bits per heavy atom. The van der Waals surface area contributed by atoms with Crippen LogP contribution in [0.3, 0.4) is 0 Å². The Morgan fingerprint density at radius 1 is 1.53 bits per heavy atom. The highest BCUT2D eigenvalue weighted by atomic mass is 35.5. The van der Waals surface area contributed by atoms with E-state index in [-0.39, 0.29) is 5.38 Å². The number of hydrogen-bond acceptors (Lipinski definition) is 3. The SMILES string of the molecule is CCC(Cl)CNc1ccn2nccc2n1. The lowest BCUT2D eigenvalue weighted by atomic mass is 10.3. The van der Waals surface area contributed by atoms with Crippen molar-refractivity contribution in [1.29, 1.82) is 0 Å². The molecule has 0 radical (unpaired) electrons. The van der Waals surface area contributed by atoms with Crippen molar-refractivity contribution in [3.8, 4) is 0 Å². The van der Waals surface area contributed by atoms with E-state index in [4.69, 9.17) is 11.6 Å². The zero-order valence-corrected chi connectivity index (χ0v) is 9.28. The largest absolute Gasteiger partial charge is 0.368 e. The first kappa shape index (κ1) is 10.2. The molecule has 0 aliphatic heterocycles. The van der Waals surface area contributed by atoms with Crippen LogP contribution in [0.1, 0.15) is 13.3 Å². The lowest BCUT2D eigenvalue weighted by molar-refractivity contribution is 0.839. The molecular weight excluding hydrogens is 212 g/mol. The number of hydrogen-bond donors (Lipinski definition) is 1. The van der Waals surface area contributed by atoms with Gasteiger partial charge in [-0.15, -0.1) is 11.6 Å². The second-order valence-electron chi connectivity index (χ2n) is 3.33. The van der Waals surface area contributed by atoms with Crippen molar-refractivity contribution in [3.63, 3.8) is 0 Å². The zero-order valence-electron chi connectivity index (χ0n) is 8.52. The molecule has 80 valence electrons. The van der Waals surface area contributed by atoms with E-state index in [9.17, 15) is 0 Å². The van der Waals surface area contributed by atoms with Crippen LogP contribution in [0.15, 0.2) is 24.5 Å². The molecule has 0 aliphatic rings. The third-order valence-corrected chi connectivity index (χ3v) is 2.67. The molecule has 1 unspecified atom stereocenters. The third-order valence-electron chi connectivity index (χ3n) is 2.21. The first-order valence-corrected chi connectivity index (χ1v) is 5.41. The second-order valence-corrected chi connectivity index (χ2v) is 3.95. The molecule has 0 amide bonds. The summed E-state index contributed by atoms with van der Waals surface area (Å²) in [5, 5.41) is 7.41. The molecule has 0 aliphatic carbocycles. The Kier molecular flexibility index (Phi) is 3.06. The van der Waals surface area contributed by atoms with E-state index in [2.05, 4.69) is 22.3 Å². The van der Waals surface area contributed by atoms with Crippen molar-refractivity contribution in [2.75, 3.05) is 11.9 Å². The molecule has 2 rings (SSSR count). The first-order chi connectivity index (χ1) is 7.29. The summed E-state index contributed by atoms with van der Waals surface area (Å²) in [7, 11) is 0. The van der Waals surface area contributed by atoms with Crippen LogP contribution in [-0.4, -0.2) is 26.5 Å². The van der Waals surface area contributed by atoms with Crippen LogP contribution in [0.4, 0.5) is 5.82 Å². The van der Waals surface area contributed by atoms with E-state index in [1.165, 1.54) is 0 Å². The Balaban J connectivity index is 2.08. The molecule has 2 aromatic rings. The van der Waals surface area contributed by atoms with E-state index in [0.717, 1.165) is 24.4 Å². The van der Waals surface area contributed by atoms with Crippen LogP contribution in [-0.2, 0) is 0 Å². The molecule has 2 aromatic heterocycles. The van der Waals surface area contributed by atoms with Crippen molar-refractivity contribution in [1.82, 2.24) is 14.6 Å². The highest BCUT2D eigenvalue weighted by molar-refractivity contribution is 6.20. The van der Waals surface area contributed by atoms with Gasteiger partial charge in [0.2, 0.25) is 0 Å². The van der Waals surface area contributed by atoms with Crippen molar-refractivity contribution in [2.45, 2.75) is 18.7 Å². The van der Waals surface area contributed by atoms with Crippen LogP contribution < -0.4 is 5.32 Å². The van der Waals surface area contributed by atoms with E-state index >= 15 is 0 Å². The molecule has 5 heteroatoms. The summed E-state index contributed by atoms with van der Waals surface area (Å²) in [6, 6.07) is 3.75. The summed E-state index contributed by atoms with van der Waals surface area (Å²) in [6.45, 7) is 2.79. The summed E-state index contributed by atoms with van der Waals surface area (Å²) < 4.78 is 1.73. The Labute approximate surface area is 93.3 Å². The van der Waals surface area contributed by atoms with Gasteiger partial charge in [-0.1, -0.05) is 6.92 Å². The number of nitrogens with one attached hydrogen (secondary N) is 1. The smallest absolute Gasteiger partial charge is 0.157 e. The van der Waals surface area contributed by atoms with E-state index in [1.807, 2.05) is 18.3 Å². The van der Waals surface area contributed by atoms with Gasteiger partial charge in [-0.05, 0) is 12.5 Å². The fourth-order valence-corrected chi connectivity index (χ4v) is 1.35. The predicted molar refractivity (Wildman–Crippen MR) is 61.4 cm³/mol. The standard InChI is InChI=1S/C10H13ClN4/c1-2-8(11)7-12-9-4-6-15-10(14-9)3-5-13-15/h3-6,8H,2,7H2,1H3,(H,12,14).